The van der Waals surface area contributed by atoms with Gasteiger partial charge in [0.1, 0.15) is 11.5 Å². The lowest BCUT2D eigenvalue weighted by molar-refractivity contribution is -0.113. The van der Waals surface area contributed by atoms with E-state index in [1.807, 2.05) is 6.92 Å². The molecular weight excluding hydrogens is 256 g/mol. The molecule has 0 aromatic carbocycles. The molecule has 0 radical (unpaired) electrons. The summed E-state index contributed by atoms with van der Waals surface area (Å²) in [6.07, 6.45) is 0.692. The van der Waals surface area contributed by atoms with Crippen LogP contribution in [0.15, 0.2) is 10.6 Å². The van der Waals surface area contributed by atoms with Crippen molar-refractivity contribution in [2.75, 3.05) is 17.7 Å². The van der Waals surface area contributed by atoms with Crippen LogP contribution in [0.3, 0.4) is 0 Å². The molecule has 1 fully saturated rings. The van der Waals surface area contributed by atoms with Gasteiger partial charge in [-0.2, -0.15) is 0 Å². The average Bonchev–Trinajstić information content (AvgIpc) is 2.87. The van der Waals surface area contributed by atoms with Crippen molar-refractivity contribution in [2.24, 2.45) is 0 Å². The second kappa shape index (κ2) is 5.62. The van der Waals surface area contributed by atoms with Gasteiger partial charge in [-0.15, -0.1) is 0 Å². The first-order valence-corrected chi connectivity index (χ1v) is 7.16. The molecule has 0 aliphatic carbocycles. The largest absolute Gasteiger partial charge is 0.377 e. The van der Waals surface area contributed by atoms with Crippen LogP contribution in [0.4, 0.5) is 5.82 Å². The van der Waals surface area contributed by atoms with Crippen molar-refractivity contribution in [3.05, 3.63) is 11.8 Å². The van der Waals surface area contributed by atoms with Gasteiger partial charge in [0.15, 0.2) is 5.82 Å². The second-order valence-electron chi connectivity index (χ2n) is 4.30. The molecule has 1 aliphatic rings. The maximum Gasteiger partial charge on any atom is 0.238 e. The first-order valence-electron chi connectivity index (χ1n) is 5.78. The predicted molar refractivity (Wildman–Crippen MR) is 66.7 cm³/mol. The van der Waals surface area contributed by atoms with Crippen molar-refractivity contribution in [1.29, 1.82) is 0 Å². The molecule has 6 nitrogen and oxygen atoms in total. The highest BCUT2D eigenvalue weighted by Gasteiger charge is 2.30. The molecule has 2 heterocycles. The Labute approximate surface area is 108 Å². The molecule has 0 unspecified atom stereocenters. The Bertz CT molecular complexity index is 460. The fourth-order valence-corrected chi connectivity index (χ4v) is 3.31. The van der Waals surface area contributed by atoms with E-state index in [9.17, 15) is 9.00 Å². The van der Waals surface area contributed by atoms with Gasteiger partial charge in [0, 0.05) is 23.5 Å². The number of hydrogen-bond donors (Lipinski definition) is 1. The standard InChI is InChI=1S/C11H16N2O4S/c1-7-5-10(13-17-7)12-11(14)6-18(15)9-3-4-16-8(9)2/h5,8-9H,3-4,6H2,1-2H3,(H,12,13,14)/t8-,9+,18-/m0/s1. The zero-order valence-electron chi connectivity index (χ0n) is 10.3. The van der Waals surface area contributed by atoms with Gasteiger partial charge in [0.05, 0.1) is 11.4 Å². The highest BCUT2D eigenvalue weighted by atomic mass is 32.2. The third-order valence-corrected chi connectivity index (χ3v) is 4.65. The highest BCUT2D eigenvalue weighted by molar-refractivity contribution is 7.86. The lowest BCUT2D eigenvalue weighted by Crippen LogP contribution is -2.30. The van der Waals surface area contributed by atoms with Gasteiger partial charge in [0.2, 0.25) is 5.91 Å². The van der Waals surface area contributed by atoms with E-state index in [0.29, 0.717) is 18.2 Å². The fraction of sp³-hybridized carbons (Fsp3) is 0.636. The number of hydrogen-bond acceptors (Lipinski definition) is 5. The minimum atomic E-state index is -1.22. The summed E-state index contributed by atoms with van der Waals surface area (Å²) in [6.45, 7) is 4.23. The van der Waals surface area contributed by atoms with Crippen molar-refractivity contribution in [1.82, 2.24) is 5.16 Å². The predicted octanol–water partition coefficient (Wildman–Crippen LogP) is 0.848. The van der Waals surface area contributed by atoms with Crippen molar-refractivity contribution in [3.63, 3.8) is 0 Å². The molecule has 0 saturated carbocycles. The molecule has 18 heavy (non-hydrogen) atoms. The van der Waals surface area contributed by atoms with E-state index in [0.717, 1.165) is 6.42 Å². The van der Waals surface area contributed by atoms with Gasteiger partial charge in [0.25, 0.3) is 0 Å². The molecule has 1 aromatic rings. The summed E-state index contributed by atoms with van der Waals surface area (Å²) in [5, 5.41) is 6.14. The number of anilines is 1. The fourth-order valence-electron chi connectivity index (χ4n) is 1.90. The minimum Gasteiger partial charge on any atom is -0.377 e. The van der Waals surface area contributed by atoms with Crippen molar-refractivity contribution in [3.8, 4) is 0 Å². The molecular formula is C11H16N2O4S. The number of nitrogens with zero attached hydrogens (tertiary/aromatic N) is 1. The summed E-state index contributed by atoms with van der Waals surface area (Å²) in [5.41, 5.74) is 0. The Morgan fingerprint density at radius 1 is 1.67 bits per heavy atom. The Hall–Kier alpha value is -1.21. The quantitative estimate of drug-likeness (QED) is 0.878. The number of nitrogens with one attached hydrogen (secondary N) is 1. The summed E-state index contributed by atoms with van der Waals surface area (Å²) >= 11 is 0. The zero-order valence-corrected chi connectivity index (χ0v) is 11.2. The number of carbonyl (C=O) groups is 1. The molecule has 1 aliphatic heterocycles. The number of rotatable bonds is 4. The second-order valence-corrected chi connectivity index (χ2v) is 5.95. The van der Waals surface area contributed by atoms with Crippen LogP contribution in [-0.4, -0.2) is 39.0 Å². The molecule has 1 amide bonds. The Morgan fingerprint density at radius 3 is 3.00 bits per heavy atom. The topological polar surface area (TPSA) is 81.4 Å². The van der Waals surface area contributed by atoms with Crippen molar-refractivity contribution >= 4 is 22.5 Å². The third-order valence-electron chi connectivity index (χ3n) is 2.81. The number of ether oxygens (including phenoxy) is 1. The van der Waals surface area contributed by atoms with Crippen molar-refractivity contribution in [2.45, 2.75) is 31.6 Å². The first-order chi connectivity index (χ1) is 8.56. The maximum absolute atomic E-state index is 12.0. The van der Waals surface area contributed by atoms with Crippen LogP contribution in [0, 0.1) is 6.92 Å². The smallest absolute Gasteiger partial charge is 0.238 e. The van der Waals surface area contributed by atoms with E-state index in [1.54, 1.807) is 13.0 Å². The molecule has 2 rings (SSSR count). The van der Waals surface area contributed by atoms with E-state index in [2.05, 4.69) is 10.5 Å². The normalized spacial score (nSPS) is 25.0. The van der Waals surface area contributed by atoms with Crippen LogP contribution in [0.2, 0.25) is 0 Å². The van der Waals surface area contributed by atoms with Crippen LogP contribution in [0.25, 0.3) is 0 Å². The monoisotopic (exact) mass is 272 g/mol. The summed E-state index contributed by atoms with van der Waals surface area (Å²) in [4.78, 5) is 11.7. The molecule has 0 spiro atoms. The lowest BCUT2D eigenvalue weighted by Gasteiger charge is -2.12. The van der Waals surface area contributed by atoms with Crippen LogP contribution in [0.5, 0.6) is 0 Å². The van der Waals surface area contributed by atoms with Crippen LogP contribution < -0.4 is 5.32 Å². The Kier molecular flexibility index (Phi) is 4.13. The summed E-state index contributed by atoms with van der Waals surface area (Å²) < 4.78 is 22.2. The van der Waals surface area contributed by atoms with Crippen LogP contribution in [0.1, 0.15) is 19.1 Å². The average molecular weight is 272 g/mol. The van der Waals surface area contributed by atoms with Gasteiger partial charge in [-0.25, -0.2) is 0 Å². The van der Waals surface area contributed by atoms with E-state index in [-0.39, 0.29) is 23.0 Å². The lowest BCUT2D eigenvalue weighted by atomic mass is 10.3. The van der Waals surface area contributed by atoms with Gasteiger partial charge in [-0.1, -0.05) is 5.16 Å². The Balaban J connectivity index is 1.85. The van der Waals surface area contributed by atoms with Gasteiger partial charge in [-0.3, -0.25) is 9.00 Å². The number of amides is 1. The maximum atomic E-state index is 12.0. The third kappa shape index (κ3) is 3.17. The zero-order chi connectivity index (χ0) is 13.1. The van der Waals surface area contributed by atoms with Crippen LogP contribution >= 0.6 is 0 Å². The Morgan fingerprint density at radius 2 is 2.44 bits per heavy atom. The van der Waals surface area contributed by atoms with E-state index < -0.39 is 10.8 Å². The molecule has 3 atom stereocenters. The molecule has 100 valence electrons. The van der Waals surface area contributed by atoms with Gasteiger partial charge < -0.3 is 14.6 Å². The number of carbonyl (C=O) groups excluding carboxylic acids is 1. The molecule has 1 aromatic heterocycles. The van der Waals surface area contributed by atoms with E-state index >= 15 is 0 Å². The van der Waals surface area contributed by atoms with Crippen LogP contribution in [-0.2, 0) is 20.3 Å². The SMILES string of the molecule is Cc1cc(NC(=O)C[S@](=O)[C@@H]2CCO[C@H]2C)no1. The van der Waals surface area contributed by atoms with E-state index in [1.165, 1.54) is 0 Å². The minimum absolute atomic E-state index is 0.0374. The summed E-state index contributed by atoms with van der Waals surface area (Å²) in [5.74, 6) is 0.611. The molecule has 1 saturated heterocycles. The van der Waals surface area contributed by atoms with Gasteiger partial charge >= 0.3 is 0 Å². The molecule has 7 heteroatoms. The van der Waals surface area contributed by atoms with Gasteiger partial charge in [-0.05, 0) is 20.3 Å². The van der Waals surface area contributed by atoms with E-state index in [4.69, 9.17) is 9.26 Å². The molecule has 1 N–H and O–H groups in total. The van der Waals surface area contributed by atoms with Crippen molar-refractivity contribution < 1.29 is 18.3 Å². The summed E-state index contributed by atoms with van der Waals surface area (Å²) in [6, 6.07) is 1.61. The highest BCUT2D eigenvalue weighted by Crippen LogP contribution is 2.19. The summed E-state index contributed by atoms with van der Waals surface area (Å²) in [7, 11) is -1.22. The number of aromatic nitrogens is 1. The number of aryl methyl sites for hydroxylation is 1. The first kappa shape index (κ1) is 13.2. The molecule has 0 bridgehead atoms.